The summed E-state index contributed by atoms with van der Waals surface area (Å²) in [6.45, 7) is 0. The lowest BCUT2D eigenvalue weighted by Crippen LogP contribution is -2.03. The third-order valence-corrected chi connectivity index (χ3v) is 4.46. The highest BCUT2D eigenvalue weighted by Gasteiger charge is 2.14. The van der Waals surface area contributed by atoms with E-state index in [1.54, 1.807) is 12.1 Å². The van der Waals surface area contributed by atoms with Crippen molar-refractivity contribution < 1.29 is 18.3 Å². The second-order valence-corrected chi connectivity index (χ2v) is 6.94. The Balaban J connectivity index is 2.30. The Morgan fingerprint density at radius 2 is 1.75 bits per heavy atom. The van der Waals surface area contributed by atoms with Gasteiger partial charge in [-0.3, -0.25) is 0 Å². The SMILES string of the molecule is CS(=O)(=O)c1ccc(Sc2nccnc2C(=O)O)cc1. The highest BCUT2D eigenvalue weighted by molar-refractivity contribution is 7.99. The van der Waals surface area contributed by atoms with Crippen molar-refractivity contribution in [1.29, 1.82) is 0 Å². The van der Waals surface area contributed by atoms with Crippen molar-refractivity contribution in [2.45, 2.75) is 14.8 Å². The molecule has 8 heteroatoms. The van der Waals surface area contributed by atoms with Gasteiger partial charge in [0, 0.05) is 23.5 Å². The average molecular weight is 310 g/mol. The normalized spacial score (nSPS) is 11.2. The van der Waals surface area contributed by atoms with Crippen LogP contribution in [0.25, 0.3) is 0 Å². The van der Waals surface area contributed by atoms with E-state index in [0.717, 1.165) is 18.0 Å². The molecule has 0 unspecified atom stereocenters. The lowest BCUT2D eigenvalue weighted by atomic mass is 10.4. The lowest BCUT2D eigenvalue weighted by molar-refractivity contribution is 0.0685. The van der Waals surface area contributed by atoms with Gasteiger partial charge in [-0.05, 0) is 24.3 Å². The monoisotopic (exact) mass is 310 g/mol. The number of nitrogens with zero attached hydrogens (tertiary/aromatic N) is 2. The molecule has 0 saturated heterocycles. The molecule has 1 aromatic heterocycles. The molecule has 0 aliphatic rings. The molecule has 0 aliphatic carbocycles. The zero-order valence-electron chi connectivity index (χ0n) is 10.3. The van der Waals surface area contributed by atoms with Crippen molar-refractivity contribution in [3.63, 3.8) is 0 Å². The molecule has 104 valence electrons. The number of carbonyl (C=O) groups is 1. The maximum Gasteiger partial charge on any atom is 0.357 e. The van der Waals surface area contributed by atoms with Crippen molar-refractivity contribution in [3.8, 4) is 0 Å². The van der Waals surface area contributed by atoms with E-state index in [-0.39, 0.29) is 15.6 Å². The molecule has 6 nitrogen and oxygen atoms in total. The molecule has 1 N–H and O–H groups in total. The second-order valence-electron chi connectivity index (χ2n) is 3.86. The Morgan fingerprint density at radius 3 is 2.30 bits per heavy atom. The summed E-state index contributed by atoms with van der Waals surface area (Å²) in [7, 11) is -3.25. The maximum absolute atomic E-state index is 11.3. The molecule has 20 heavy (non-hydrogen) atoms. The van der Waals surface area contributed by atoms with E-state index >= 15 is 0 Å². The number of carboxylic acids is 1. The Kier molecular flexibility index (Phi) is 4.05. The smallest absolute Gasteiger partial charge is 0.357 e. The summed E-state index contributed by atoms with van der Waals surface area (Å²) in [5.41, 5.74) is -0.135. The molecule has 0 bridgehead atoms. The van der Waals surface area contributed by atoms with E-state index in [4.69, 9.17) is 5.11 Å². The highest BCUT2D eigenvalue weighted by atomic mass is 32.2. The van der Waals surface area contributed by atoms with Crippen LogP contribution in [0.15, 0.2) is 51.5 Å². The van der Waals surface area contributed by atoms with Crippen LogP contribution in [-0.2, 0) is 9.84 Å². The molecule has 1 heterocycles. The Morgan fingerprint density at radius 1 is 1.15 bits per heavy atom. The van der Waals surface area contributed by atoms with Gasteiger partial charge in [-0.1, -0.05) is 11.8 Å². The van der Waals surface area contributed by atoms with Gasteiger partial charge >= 0.3 is 5.97 Å². The van der Waals surface area contributed by atoms with Gasteiger partial charge in [-0.15, -0.1) is 0 Å². The number of hydrogen-bond donors (Lipinski definition) is 1. The van der Waals surface area contributed by atoms with E-state index in [2.05, 4.69) is 9.97 Å². The molecular weight excluding hydrogens is 300 g/mol. The van der Waals surface area contributed by atoms with Gasteiger partial charge in [0.25, 0.3) is 0 Å². The minimum Gasteiger partial charge on any atom is -0.476 e. The number of benzene rings is 1. The molecule has 2 rings (SSSR count). The topological polar surface area (TPSA) is 97.2 Å². The first-order valence-corrected chi connectivity index (χ1v) is 8.11. The zero-order chi connectivity index (χ0) is 14.8. The molecule has 0 aliphatic heterocycles. The fraction of sp³-hybridized carbons (Fsp3) is 0.0833. The van der Waals surface area contributed by atoms with E-state index in [0.29, 0.717) is 4.90 Å². The van der Waals surface area contributed by atoms with Crippen molar-refractivity contribution in [3.05, 3.63) is 42.4 Å². The fourth-order valence-corrected chi connectivity index (χ4v) is 2.89. The van der Waals surface area contributed by atoms with Crippen LogP contribution in [0.2, 0.25) is 0 Å². The molecule has 0 spiro atoms. The van der Waals surface area contributed by atoms with Crippen LogP contribution in [0.3, 0.4) is 0 Å². The molecule has 0 fully saturated rings. The largest absolute Gasteiger partial charge is 0.476 e. The Hall–Kier alpha value is -1.93. The maximum atomic E-state index is 11.3. The quantitative estimate of drug-likeness (QED) is 0.918. The zero-order valence-corrected chi connectivity index (χ0v) is 12.0. The summed E-state index contributed by atoms with van der Waals surface area (Å²) in [5.74, 6) is -1.16. The number of hydrogen-bond acceptors (Lipinski definition) is 6. The Labute approximate surface area is 119 Å². The van der Waals surface area contributed by atoms with Crippen LogP contribution < -0.4 is 0 Å². The third-order valence-electron chi connectivity index (χ3n) is 2.33. The van der Waals surface area contributed by atoms with Crippen LogP contribution >= 0.6 is 11.8 Å². The van der Waals surface area contributed by atoms with Crippen LogP contribution in [0.1, 0.15) is 10.5 Å². The fourth-order valence-electron chi connectivity index (χ4n) is 1.41. The summed E-state index contributed by atoms with van der Waals surface area (Å²) in [5, 5.41) is 9.26. The summed E-state index contributed by atoms with van der Waals surface area (Å²) in [4.78, 5) is 19.6. The summed E-state index contributed by atoms with van der Waals surface area (Å²) in [6, 6.07) is 6.13. The molecule has 0 atom stereocenters. The van der Waals surface area contributed by atoms with Crippen molar-refractivity contribution in [1.82, 2.24) is 9.97 Å². The first-order valence-electron chi connectivity index (χ1n) is 5.40. The second kappa shape index (κ2) is 5.59. The lowest BCUT2D eigenvalue weighted by Gasteiger charge is -2.04. The van der Waals surface area contributed by atoms with E-state index in [1.165, 1.54) is 24.5 Å². The molecular formula is C12H10N2O4S2. The van der Waals surface area contributed by atoms with Gasteiger partial charge in [0.05, 0.1) is 4.90 Å². The minimum absolute atomic E-state index is 0.135. The van der Waals surface area contributed by atoms with Gasteiger partial charge in [0.1, 0.15) is 5.03 Å². The first kappa shape index (κ1) is 14.5. The number of carboxylic acid groups (broad SMARTS) is 1. The van der Waals surface area contributed by atoms with Gasteiger partial charge < -0.3 is 5.11 Å². The molecule has 2 aromatic rings. The molecule has 0 amide bonds. The van der Waals surface area contributed by atoms with Gasteiger partial charge in [0.2, 0.25) is 0 Å². The van der Waals surface area contributed by atoms with Crippen molar-refractivity contribution in [2.75, 3.05) is 6.26 Å². The summed E-state index contributed by atoms with van der Waals surface area (Å²) < 4.78 is 22.7. The van der Waals surface area contributed by atoms with Crippen LogP contribution in [0.5, 0.6) is 0 Å². The average Bonchev–Trinajstić information content (AvgIpc) is 2.38. The van der Waals surface area contributed by atoms with E-state index < -0.39 is 15.8 Å². The number of aromatic nitrogens is 2. The first-order chi connectivity index (χ1) is 9.38. The minimum atomic E-state index is -3.25. The predicted molar refractivity (Wildman–Crippen MR) is 72.7 cm³/mol. The van der Waals surface area contributed by atoms with Crippen molar-refractivity contribution in [2.24, 2.45) is 0 Å². The molecule has 0 radical (unpaired) electrons. The van der Waals surface area contributed by atoms with Gasteiger partial charge in [0.15, 0.2) is 15.5 Å². The molecule has 1 aromatic carbocycles. The van der Waals surface area contributed by atoms with E-state index in [1.807, 2.05) is 0 Å². The van der Waals surface area contributed by atoms with Crippen molar-refractivity contribution >= 4 is 27.6 Å². The Bertz CT molecular complexity index is 742. The van der Waals surface area contributed by atoms with E-state index in [9.17, 15) is 13.2 Å². The summed E-state index contributed by atoms with van der Waals surface area (Å²) in [6.07, 6.45) is 3.83. The summed E-state index contributed by atoms with van der Waals surface area (Å²) >= 11 is 1.11. The van der Waals surface area contributed by atoms with Crippen LogP contribution in [-0.4, -0.2) is 35.7 Å². The van der Waals surface area contributed by atoms with Gasteiger partial charge in [-0.2, -0.15) is 0 Å². The van der Waals surface area contributed by atoms with Gasteiger partial charge in [-0.25, -0.2) is 23.2 Å². The number of rotatable bonds is 4. The predicted octanol–water partition coefficient (Wildman–Crippen LogP) is 1.73. The molecule has 0 saturated carbocycles. The third kappa shape index (κ3) is 3.34. The van der Waals surface area contributed by atoms with Crippen LogP contribution in [0, 0.1) is 0 Å². The standard InChI is InChI=1S/C12H10N2O4S2/c1-20(17,18)9-4-2-8(3-5-9)19-11-10(12(15)16)13-6-7-14-11/h2-7H,1H3,(H,15,16). The number of sulfone groups is 1. The highest BCUT2D eigenvalue weighted by Crippen LogP contribution is 2.28. The number of aromatic carboxylic acids is 1. The van der Waals surface area contributed by atoms with Crippen LogP contribution in [0.4, 0.5) is 0 Å².